The maximum Gasteiger partial charge on any atom is 0.328 e. The zero-order valence-corrected chi connectivity index (χ0v) is 17.8. The van der Waals surface area contributed by atoms with E-state index in [1.807, 2.05) is 0 Å². The summed E-state index contributed by atoms with van der Waals surface area (Å²) in [4.78, 5) is 45.9. The van der Waals surface area contributed by atoms with Crippen molar-refractivity contribution in [1.82, 2.24) is 10.6 Å². The number of amides is 2. The highest BCUT2D eigenvalue weighted by atomic mass is 16.5. The number of nitrogens with one attached hydrogen (secondary N) is 2. The molecule has 0 bridgehead atoms. The number of hydrogen-bond acceptors (Lipinski definition) is 6. The quantitative estimate of drug-likeness (QED) is 0.216. The highest BCUT2D eigenvalue weighted by Crippen LogP contribution is 2.10. The Morgan fingerprint density at radius 2 is 1.45 bits per heavy atom. The summed E-state index contributed by atoms with van der Waals surface area (Å²) in [5.74, 6) is -1.34. The number of carbonyl (C=O) groups is 4. The van der Waals surface area contributed by atoms with E-state index in [2.05, 4.69) is 26.7 Å². The molecule has 0 fully saturated rings. The summed E-state index contributed by atoms with van der Waals surface area (Å²) in [6, 6.07) is -0.831. The van der Waals surface area contributed by atoms with Crippen LogP contribution in [0, 0.1) is 0 Å². The van der Waals surface area contributed by atoms with Crippen molar-refractivity contribution in [2.45, 2.75) is 76.7 Å². The van der Waals surface area contributed by atoms with E-state index in [1.54, 1.807) is 0 Å². The maximum atomic E-state index is 12.0. The van der Waals surface area contributed by atoms with Gasteiger partial charge in [-0.1, -0.05) is 45.1 Å². The largest absolute Gasteiger partial charge is 0.469 e. The highest BCUT2D eigenvalue weighted by Gasteiger charge is 2.22. The topological polar surface area (TPSA) is 111 Å². The van der Waals surface area contributed by atoms with Gasteiger partial charge in [0.2, 0.25) is 11.8 Å². The molecule has 0 aromatic carbocycles. The van der Waals surface area contributed by atoms with Gasteiger partial charge < -0.3 is 20.1 Å². The molecular formula is C21H36N2O6. The molecule has 0 rings (SSSR count). The number of carbonyl (C=O) groups excluding carboxylic acids is 4. The summed E-state index contributed by atoms with van der Waals surface area (Å²) < 4.78 is 9.22. The lowest BCUT2D eigenvalue weighted by Gasteiger charge is -2.16. The van der Waals surface area contributed by atoms with Gasteiger partial charge in [0.1, 0.15) is 6.04 Å². The molecule has 166 valence electrons. The number of esters is 2. The second-order valence-electron chi connectivity index (χ2n) is 6.83. The molecular weight excluding hydrogens is 376 g/mol. The minimum Gasteiger partial charge on any atom is -0.469 e. The molecule has 0 spiro atoms. The van der Waals surface area contributed by atoms with Crippen LogP contribution in [0.4, 0.5) is 0 Å². The molecule has 8 heteroatoms. The molecule has 0 aromatic rings. The normalized spacial score (nSPS) is 11.2. The Hall–Kier alpha value is -2.38. The number of ether oxygens (including phenoxy) is 2. The SMILES string of the molecule is C=CC(=O)NCCCCCCCCCCC(=O)N[C@@H](CCC(=O)OC)C(=O)OC. The van der Waals surface area contributed by atoms with Crippen molar-refractivity contribution in [1.29, 1.82) is 0 Å². The first-order valence-electron chi connectivity index (χ1n) is 10.3. The van der Waals surface area contributed by atoms with E-state index in [1.165, 1.54) is 20.3 Å². The third-order valence-corrected chi connectivity index (χ3v) is 4.50. The Bertz CT molecular complexity index is 521. The van der Waals surface area contributed by atoms with Crippen molar-refractivity contribution >= 4 is 23.8 Å². The van der Waals surface area contributed by atoms with Gasteiger partial charge in [-0.15, -0.1) is 0 Å². The van der Waals surface area contributed by atoms with Crippen LogP contribution in [-0.4, -0.2) is 50.6 Å². The number of hydrogen-bond donors (Lipinski definition) is 2. The van der Waals surface area contributed by atoms with Gasteiger partial charge in [0.25, 0.3) is 0 Å². The summed E-state index contributed by atoms with van der Waals surface area (Å²) in [5, 5.41) is 5.39. The Morgan fingerprint density at radius 3 is 2.00 bits per heavy atom. The van der Waals surface area contributed by atoms with Crippen molar-refractivity contribution in [2.75, 3.05) is 20.8 Å². The lowest BCUT2D eigenvalue weighted by atomic mass is 10.1. The maximum absolute atomic E-state index is 12.0. The molecule has 0 saturated heterocycles. The predicted octanol–water partition coefficient (Wildman–Crippen LogP) is 2.41. The molecule has 2 N–H and O–H groups in total. The van der Waals surface area contributed by atoms with Crippen LogP contribution in [0.25, 0.3) is 0 Å². The van der Waals surface area contributed by atoms with E-state index >= 15 is 0 Å². The number of methoxy groups -OCH3 is 2. The van der Waals surface area contributed by atoms with Crippen molar-refractivity contribution < 1.29 is 28.7 Å². The molecule has 1 atom stereocenters. The molecule has 8 nitrogen and oxygen atoms in total. The summed E-state index contributed by atoms with van der Waals surface area (Å²) in [6.45, 7) is 4.09. The van der Waals surface area contributed by atoms with Gasteiger partial charge in [0, 0.05) is 19.4 Å². The number of rotatable bonds is 17. The predicted molar refractivity (Wildman–Crippen MR) is 110 cm³/mol. The minimum absolute atomic E-state index is 0.0389. The van der Waals surface area contributed by atoms with Gasteiger partial charge in [-0.05, 0) is 25.3 Å². The monoisotopic (exact) mass is 412 g/mol. The Balaban J connectivity index is 3.75. The van der Waals surface area contributed by atoms with Crippen LogP contribution in [0.5, 0.6) is 0 Å². The van der Waals surface area contributed by atoms with Crippen molar-refractivity contribution in [3.63, 3.8) is 0 Å². The Morgan fingerprint density at radius 1 is 0.862 bits per heavy atom. The van der Waals surface area contributed by atoms with E-state index in [0.717, 1.165) is 51.4 Å². The number of unbranched alkanes of at least 4 members (excludes halogenated alkanes) is 7. The smallest absolute Gasteiger partial charge is 0.328 e. The summed E-state index contributed by atoms with van der Waals surface area (Å²) in [5.41, 5.74) is 0. The lowest BCUT2D eigenvalue weighted by molar-refractivity contribution is -0.146. The summed E-state index contributed by atoms with van der Waals surface area (Å²) >= 11 is 0. The third-order valence-electron chi connectivity index (χ3n) is 4.50. The average Bonchev–Trinajstić information content (AvgIpc) is 2.73. The van der Waals surface area contributed by atoms with E-state index < -0.39 is 18.0 Å². The van der Waals surface area contributed by atoms with Crippen LogP contribution in [0.2, 0.25) is 0 Å². The molecule has 29 heavy (non-hydrogen) atoms. The zero-order valence-electron chi connectivity index (χ0n) is 17.8. The Kier molecular flexibility index (Phi) is 16.2. The minimum atomic E-state index is -0.831. The van der Waals surface area contributed by atoms with E-state index in [-0.39, 0.29) is 24.7 Å². The van der Waals surface area contributed by atoms with E-state index in [4.69, 9.17) is 0 Å². The average molecular weight is 413 g/mol. The molecule has 0 unspecified atom stereocenters. The fraction of sp³-hybridized carbons (Fsp3) is 0.714. The fourth-order valence-corrected chi connectivity index (χ4v) is 2.78. The molecule has 0 aromatic heterocycles. The molecule has 0 aliphatic heterocycles. The van der Waals surface area contributed by atoms with Crippen molar-refractivity contribution in [3.05, 3.63) is 12.7 Å². The van der Waals surface area contributed by atoms with Gasteiger partial charge in [-0.25, -0.2) is 4.79 Å². The standard InChI is InChI=1S/C21H36N2O6/c1-4-18(24)22-16-12-10-8-6-5-7-9-11-13-19(25)23-17(21(27)29-3)14-15-20(26)28-2/h4,17H,1,5-16H2,2-3H3,(H,22,24)(H,23,25)/t17-/m0/s1. The van der Waals surface area contributed by atoms with Gasteiger partial charge in [-0.2, -0.15) is 0 Å². The zero-order chi connectivity index (χ0) is 21.9. The summed E-state index contributed by atoms with van der Waals surface area (Å²) in [7, 11) is 2.52. The molecule has 0 radical (unpaired) electrons. The van der Waals surface area contributed by atoms with Gasteiger partial charge in [-0.3, -0.25) is 14.4 Å². The molecule has 0 heterocycles. The first kappa shape index (κ1) is 26.6. The van der Waals surface area contributed by atoms with Crippen molar-refractivity contribution in [2.24, 2.45) is 0 Å². The van der Waals surface area contributed by atoms with Crippen LogP contribution in [0.1, 0.15) is 70.6 Å². The lowest BCUT2D eigenvalue weighted by Crippen LogP contribution is -2.41. The van der Waals surface area contributed by atoms with Crippen LogP contribution in [0.15, 0.2) is 12.7 Å². The van der Waals surface area contributed by atoms with Crippen LogP contribution >= 0.6 is 0 Å². The third kappa shape index (κ3) is 15.2. The second-order valence-corrected chi connectivity index (χ2v) is 6.83. The van der Waals surface area contributed by atoms with Crippen LogP contribution < -0.4 is 10.6 Å². The van der Waals surface area contributed by atoms with Crippen LogP contribution in [-0.2, 0) is 28.7 Å². The molecule has 0 aliphatic rings. The van der Waals surface area contributed by atoms with Gasteiger partial charge in [0.05, 0.1) is 14.2 Å². The first-order chi connectivity index (χ1) is 13.9. The van der Waals surface area contributed by atoms with Crippen LogP contribution in [0.3, 0.4) is 0 Å². The highest BCUT2D eigenvalue weighted by molar-refractivity contribution is 5.86. The first-order valence-corrected chi connectivity index (χ1v) is 10.3. The Labute approximate surface area is 173 Å². The van der Waals surface area contributed by atoms with Gasteiger partial charge in [0.15, 0.2) is 0 Å². The molecule has 2 amide bonds. The molecule has 0 saturated carbocycles. The second kappa shape index (κ2) is 17.7. The van der Waals surface area contributed by atoms with E-state index in [9.17, 15) is 19.2 Å². The fourth-order valence-electron chi connectivity index (χ4n) is 2.78. The molecule has 0 aliphatic carbocycles. The summed E-state index contributed by atoms with van der Waals surface area (Å²) in [6.07, 6.45) is 10.0. The van der Waals surface area contributed by atoms with E-state index in [0.29, 0.717) is 13.0 Å². The van der Waals surface area contributed by atoms with Gasteiger partial charge >= 0.3 is 11.9 Å². The van der Waals surface area contributed by atoms with Crippen molar-refractivity contribution in [3.8, 4) is 0 Å².